The molecule has 3 rings (SSSR count). The number of methoxy groups -OCH3 is 2. The first-order valence-electron chi connectivity index (χ1n) is 12.6. The van der Waals surface area contributed by atoms with Gasteiger partial charge in [-0.2, -0.15) is 0 Å². The Labute approximate surface area is 240 Å². The molecule has 0 radical (unpaired) electrons. The predicted molar refractivity (Wildman–Crippen MR) is 155 cm³/mol. The molecule has 0 saturated carbocycles. The Bertz CT molecular complexity index is 1450. The standard InChI is InChI=1S/C29H34ClN3O6S/c1-6-31-29(35)21(3)32(18-22-9-7-8-20(2)16-22)28(34)19-33(24-12-10-23(30)11-13-24)40(36,37)25-14-15-26(38-4)27(17-25)39-5/h7-17,21H,6,18-19H2,1-5H3,(H,31,35). The third-order valence-corrected chi connectivity index (χ3v) is 8.31. The third-order valence-electron chi connectivity index (χ3n) is 6.29. The maximum Gasteiger partial charge on any atom is 0.264 e. The van der Waals surface area contributed by atoms with E-state index in [0.717, 1.165) is 15.4 Å². The fourth-order valence-corrected chi connectivity index (χ4v) is 5.71. The van der Waals surface area contributed by atoms with Crippen LogP contribution in [-0.4, -0.2) is 58.5 Å². The molecule has 11 heteroatoms. The summed E-state index contributed by atoms with van der Waals surface area (Å²) in [5.74, 6) is -0.323. The number of carbonyl (C=O) groups excluding carboxylic acids is 2. The van der Waals surface area contributed by atoms with Gasteiger partial charge in [-0.3, -0.25) is 13.9 Å². The van der Waals surface area contributed by atoms with E-state index in [-0.39, 0.29) is 28.8 Å². The van der Waals surface area contributed by atoms with Gasteiger partial charge < -0.3 is 19.7 Å². The van der Waals surface area contributed by atoms with Crippen molar-refractivity contribution in [2.24, 2.45) is 0 Å². The van der Waals surface area contributed by atoms with E-state index in [1.54, 1.807) is 26.0 Å². The Morgan fingerprint density at radius 1 is 0.975 bits per heavy atom. The van der Waals surface area contributed by atoms with Crippen molar-refractivity contribution < 1.29 is 27.5 Å². The smallest absolute Gasteiger partial charge is 0.264 e. The van der Waals surface area contributed by atoms with Crippen LogP contribution in [-0.2, 0) is 26.2 Å². The first-order valence-corrected chi connectivity index (χ1v) is 14.5. The number of likely N-dealkylation sites (N-methyl/N-ethyl adjacent to an activating group) is 1. The summed E-state index contributed by atoms with van der Waals surface area (Å²) >= 11 is 6.07. The molecular weight excluding hydrogens is 554 g/mol. The van der Waals surface area contributed by atoms with Crippen molar-refractivity contribution in [1.29, 1.82) is 0 Å². The van der Waals surface area contributed by atoms with Gasteiger partial charge in [-0.25, -0.2) is 8.42 Å². The van der Waals surface area contributed by atoms with Crippen molar-refractivity contribution in [2.75, 3.05) is 31.6 Å². The van der Waals surface area contributed by atoms with E-state index in [4.69, 9.17) is 21.1 Å². The molecule has 0 aliphatic carbocycles. The highest BCUT2D eigenvalue weighted by atomic mass is 35.5. The van der Waals surface area contributed by atoms with Gasteiger partial charge in [0.2, 0.25) is 11.8 Å². The number of ether oxygens (including phenoxy) is 2. The van der Waals surface area contributed by atoms with Gasteiger partial charge in [-0.05, 0) is 62.7 Å². The number of hydrogen-bond acceptors (Lipinski definition) is 6. The van der Waals surface area contributed by atoms with E-state index in [9.17, 15) is 18.0 Å². The molecule has 0 heterocycles. The highest BCUT2D eigenvalue weighted by Crippen LogP contribution is 2.32. The first kappa shape index (κ1) is 30.8. The van der Waals surface area contributed by atoms with Crippen LogP contribution in [0.4, 0.5) is 5.69 Å². The van der Waals surface area contributed by atoms with Crippen LogP contribution in [0.1, 0.15) is 25.0 Å². The molecule has 0 aromatic heterocycles. The number of sulfonamides is 1. The number of rotatable bonds is 12. The van der Waals surface area contributed by atoms with Crippen LogP contribution in [0.15, 0.2) is 71.6 Å². The minimum Gasteiger partial charge on any atom is -0.493 e. The second kappa shape index (κ2) is 13.5. The lowest BCUT2D eigenvalue weighted by Crippen LogP contribution is -2.51. The number of benzene rings is 3. The summed E-state index contributed by atoms with van der Waals surface area (Å²) < 4.78 is 39.5. The number of halogens is 1. The number of aryl methyl sites for hydroxylation is 1. The Morgan fingerprint density at radius 2 is 1.65 bits per heavy atom. The Balaban J connectivity index is 2.07. The zero-order chi connectivity index (χ0) is 29.4. The number of nitrogens with zero attached hydrogens (tertiary/aromatic N) is 2. The number of hydrogen-bond donors (Lipinski definition) is 1. The van der Waals surface area contributed by atoms with Crippen molar-refractivity contribution in [3.8, 4) is 11.5 Å². The lowest BCUT2D eigenvalue weighted by Gasteiger charge is -2.32. The quantitative estimate of drug-likeness (QED) is 0.336. The lowest BCUT2D eigenvalue weighted by molar-refractivity contribution is -0.139. The van der Waals surface area contributed by atoms with E-state index in [2.05, 4.69) is 5.32 Å². The molecule has 1 unspecified atom stereocenters. The second-order valence-corrected chi connectivity index (χ2v) is 11.4. The Hall–Kier alpha value is -3.76. The van der Waals surface area contributed by atoms with E-state index in [1.807, 2.05) is 31.2 Å². The van der Waals surface area contributed by atoms with Gasteiger partial charge in [-0.1, -0.05) is 41.4 Å². The molecule has 0 spiro atoms. The van der Waals surface area contributed by atoms with Crippen LogP contribution >= 0.6 is 11.6 Å². The summed E-state index contributed by atoms with van der Waals surface area (Å²) in [6.07, 6.45) is 0. The molecule has 2 amide bonds. The molecule has 0 bridgehead atoms. The molecule has 40 heavy (non-hydrogen) atoms. The van der Waals surface area contributed by atoms with Gasteiger partial charge in [0.15, 0.2) is 11.5 Å². The summed E-state index contributed by atoms with van der Waals surface area (Å²) in [6.45, 7) is 5.28. The van der Waals surface area contributed by atoms with Gasteiger partial charge >= 0.3 is 0 Å². The minimum absolute atomic E-state index is 0.102. The average molecular weight is 588 g/mol. The molecule has 3 aromatic carbocycles. The fourth-order valence-electron chi connectivity index (χ4n) is 4.15. The van der Waals surface area contributed by atoms with Crippen LogP contribution in [0.3, 0.4) is 0 Å². The number of nitrogens with one attached hydrogen (secondary N) is 1. The van der Waals surface area contributed by atoms with Crippen LogP contribution in [0.2, 0.25) is 5.02 Å². The van der Waals surface area contributed by atoms with Crippen LogP contribution in [0.5, 0.6) is 11.5 Å². The lowest BCUT2D eigenvalue weighted by atomic mass is 10.1. The topological polar surface area (TPSA) is 105 Å². The molecular formula is C29H34ClN3O6S. The average Bonchev–Trinajstić information content (AvgIpc) is 2.94. The second-order valence-electron chi connectivity index (χ2n) is 9.09. The zero-order valence-corrected chi connectivity index (χ0v) is 24.8. The van der Waals surface area contributed by atoms with E-state index < -0.39 is 28.5 Å². The van der Waals surface area contributed by atoms with Crippen molar-refractivity contribution in [2.45, 2.75) is 38.3 Å². The normalized spacial score (nSPS) is 11.8. The molecule has 0 aliphatic heterocycles. The fraction of sp³-hybridized carbons (Fsp3) is 0.310. The summed E-state index contributed by atoms with van der Waals surface area (Å²) in [4.78, 5) is 28.0. The zero-order valence-electron chi connectivity index (χ0n) is 23.2. The Morgan fingerprint density at radius 3 is 2.25 bits per heavy atom. The van der Waals surface area contributed by atoms with Crippen molar-refractivity contribution >= 4 is 39.1 Å². The van der Waals surface area contributed by atoms with Crippen LogP contribution in [0.25, 0.3) is 0 Å². The highest BCUT2D eigenvalue weighted by Gasteiger charge is 2.33. The molecule has 0 fully saturated rings. The van der Waals surface area contributed by atoms with E-state index in [1.165, 1.54) is 49.5 Å². The summed E-state index contributed by atoms with van der Waals surface area (Å²) in [5.41, 5.74) is 2.04. The van der Waals surface area contributed by atoms with Gasteiger partial charge in [0.05, 0.1) is 24.8 Å². The van der Waals surface area contributed by atoms with Crippen molar-refractivity contribution in [3.63, 3.8) is 0 Å². The van der Waals surface area contributed by atoms with Crippen LogP contribution in [0, 0.1) is 6.92 Å². The molecule has 1 N–H and O–H groups in total. The summed E-state index contributed by atoms with van der Waals surface area (Å²) in [5, 5.41) is 3.15. The number of anilines is 1. The van der Waals surface area contributed by atoms with Gasteiger partial charge in [-0.15, -0.1) is 0 Å². The maximum atomic E-state index is 14.0. The van der Waals surface area contributed by atoms with Gasteiger partial charge in [0.25, 0.3) is 10.0 Å². The molecule has 214 valence electrons. The monoisotopic (exact) mass is 587 g/mol. The minimum atomic E-state index is -4.28. The molecule has 0 aliphatic rings. The predicted octanol–water partition coefficient (Wildman–Crippen LogP) is 4.41. The van der Waals surface area contributed by atoms with Crippen molar-refractivity contribution in [1.82, 2.24) is 10.2 Å². The number of amides is 2. The van der Waals surface area contributed by atoms with Crippen molar-refractivity contribution in [3.05, 3.63) is 82.9 Å². The Kier molecular flexibility index (Phi) is 10.4. The first-order chi connectivity index (χ1) is 19.0. The molecule has 9 nitrogen and oxygen atoms in total. The maximum absolute atomic E-state index is 14.0. The van der Waals surface area contributed by atoms with E-state index >= 15 is 0 Å². The highest BCUT2D eigenvalue weighted by molar-refractivity contribution is 7.92. The molecule has 1 atom stereocenters. The largest absolute Gasteiger partial charge is 0.493 e. The molecule has 3 aromatic rings. The van der Waals surface area contributed by atoms with E-state index in [0.29, 0.717) is 17.3 Å². The summed E-state index contributed by atoms with van der Waals surface area (Å²) in [6, 6.07) is 17.0. The van der Waals surface area contributed by atoms with Crippen LogP contribution < -0.4 is 19.1 Å². The summed E-state index contributed by atoms with van der Waals surface area (Å²) in [7, 11) is -1.43. The van der Waals surface area contributed by atoms with Gasteiger partial charge in [0, 0.05) is 24.2 Å². The third kappa shape index (κ3) is 7.25. The number of carbonyl (C=O) groups is 2. The molecule has 0 saturated heterocycles. The SMILES string of the molecule is CCNC(=O)C(C)N(Cc1cccc(C)c1)C(=O)CN(c1ccc(Cl)cc1)S(=O)(=O)c1ccc(OC)c(OC)c1. The van der Waals surface area contributed by atoms with Gasteiger partial charge in [0.1, 0.15) is 12.6 Å².